The fourth-order valence-corrected chi connectivity index (χ4v) is 2.69. The molecule has 0 heterocycles. The Morgan fingerprint density at radius 2 is 1.52 bits per heavy atom. The zero-order valence-corrected chi connectivity index (χ0v) is 14.3. The summed E-state index contributed by atoms with van der Waals surface area (Å²) in [5.74, 6) is -0.0499. The number of hydrogen-bond donors (Lipinski definition) is 0. The van der Waals surface area contributed by atoms with E-state index in [0.717, 1.165) is 9.26 Å². The standard InChI is InChI=1S/C19H13IN2O/c20-15-8-6-7-14(13-15)19(23)17-11-4-5-12-18(17)22-21-16-9-2-1-3-10-16/h1-13H. The average molecular weight is 412 g/mol. The molecule has 3 aromatic carbocycles. The van der Waals surface area contributed by atoms with Gasteiger partial charge in [-0.3, -0.25) is 4.79 Å². The maximum atomic E-state index is 12.7. The van der Waals surface area contributed by atoms with Gasteiger partial charge in [0.1, 0.15) is 0 Å². The van der Waals surface area contributed by atoms with E-state index in [1.54, 1.807) is 12.1 Å². The van der Waals surface area contributed by atoms with Crippen molar-refractivity contribution in [3.05, 3.63) is 93.6 Å². The first kappa shape index (κ1) is 15.6. The third kappa shape index (κ3) is 3.90. The van der Waals surface area contributed by atoms with E-state index >= 15 is 0 Å². The molecule has 4 heteroatoms. The Hall–Kier alpha value is -2.34. The quantitative estimate of drug-likeness (QED) is 0.297. The maximum Gasteiger partial charge on any atom is 0.195 e. The van der Waals surface area contributed by atoms with Gasteiger partial charge in [-0.2, -0.15) is 5.11 Å². The van der Waals surface area contributed by atoms with E-state index in [1.165, 1.54) is 0 Å². The number of rotatable bonds is 4. The fourth-order valence-electron chi connectivity index (χ4n) is 2.14. The van der Waals surface area contributed by atoms with E-state index < -0.39 is 0 Å². The van der Waals surface area contributed by atoms with Crippen LogP contribution in [0.5, 0.6) is 0 Å². The molecule has 3 rings (SSSR count). The molecule has 0 aliphatic rings. The van der Waals surface area contributed by atoms with Crippen LogP contribution in [0.3, 0.4) is 0 Å². The second kappa shape index (κ2) is 7.28. The smallest absolute Gasteiger partial charge is 0.195 e. The second-order valence-electron chi connectivity index (χ2n) is 4.89. The van der Waals surface area contributed by atoms with Crippen molar-refractivity contribution < 1.29 is 4.79 Å². The van der Waals surface area contributed by atoms with Gasteiger partial charge in [-0.15, -0.1) is 5.11 Å². The van der Waals surface area contributed by atoms with Gasteiger partial charge in [0, 0.05) is 9.13 Å². The molecule has 0 radical (unpaired) electrons. The van der Waals surface area contributed by atoms with Gasteiger partial charge < -0.3 is 0 Å². The lowest BCUT2D eigenvalue weighted by Crippen LogP contribution is -2.01. The lowest BCUT2D eigenvalue weighted by molar-refractivity contribution is 0.103. The van der Waals surface area contributed by atoms with Crippen LogP contribution >= 0.6 is 22.6 Å². The molecule has 0 atom stereocenters. The second-order valence-corrected chi connectivity index (χ2v) is 6.14. The molecule has 0 unspecified atom stereocenters. The highest BCUT2D eigenvalue weighted by molar-refractivity contribution is 14.1. The van der Waals surface area contributed by atoms with Crippen LogP contribution in [0, 0.1) is 3.57 Å². The molecular weight excluding hydrogens is 399 g/mol. The summed E-state index contributed by atoms with van der Waals surface area (Å²) in [7, 11) is 0. The summed E-state index contributed by atoms with van der Waals surface area (Å²) in [5, 5.41) is 8.45. The van der Waals surface area contributed by atoms with E-state index in [0.29, 0.717) is 16.8 Å². The van der Waals surface area contributed by atoms with Crippen LogP contribution in [0.1, 0.15) is 15.9 Å². The molecule has 0 amide bonds. The number of benzene rings is 3. The molecule has 0 saturated heterocycles. The van der Waals surface area contributed by atoms with Crippen LogP contribution in [0.2, 0.25) is 0 Å². The highest BCUT2D eigenvalue weighted by Gasteiger charge is 2.13. The zero-order chi connectivity index (χ0) is 16.1. The number of azo groups is 1. The van der Waals surface area contributed by atoms with Gasteiger partial charge in [0.15, 0.2) is 5.78 Å². The summed E-state index contributed by atoms with van der Waals surface area (Å²) in [6, 6.07) is 24.2. The summed E-state index contributed by atoms with van der Waals surface area (Å²) in [6.07, 6.45) is 0. The summed E-state index contributed by atoms with van der Waals surface area (Å²) in [6.45, 7) is 0. The Kier molecular flexibility index (Phi) is 4.92. The predicted octanol–water partition coefficient (Wildman–Crippen LogP) is 5.94. The number of hydrogen-bond acceptors (Lipinski definition) is 3. The first-order valence-electron chi connectivity index (χ1n) is 7.10. The Morgan fingerprint density at radius 1 is 0.783 bits per heavy atom. The number of halogens is 1. The summed E-state index contributed by atoms with van der Waals surface area (Å²) in [4.78, 5) is 12.7. The summed E-state index contributed by atoms with van der Waals surface area (Å²) in [5.41, 5.74) is 2.53. The van der Waals surface area contributed by atoms with Gasteiger partial charge in [-0.05, 0) is 59.0 Å². The molecule has 0 spiro atoms. The molecule has 0 saturated carbocycles. The molecular formula is C19H13IN2O. The van der Waals surface area contributed by atoms with Crippen LogP contribution in [0.15, 0.2) is 89.1 Å². The van der Waals surface area contributed by atoms with Gasteiger partial charge in [0.2, 0.25) is 0 Å². The van der Waals surface area contributed by atoms with Gasteiger partial charge >= 0.3 is 0 Å². The van der Waals surface area contributed by atoms with Gasteiger partial charge in [-0.25, -0.2) is 0 Å². The van der Waals surface area contributed by atoms with Crippen LogP contribution < -0.4 is 0 Å². The van der Waals surface area contributed by atoms with Crippen LogP contribution in [-0.4, -0.2) is 5.78 Å². The van der Waals surface area contributed by atoms with Crippen molar-refractivity contribution >= 4 is 39.7 Å². The summed E-state index contributed by atoms with van der Waals surface area (Å²) >= 11 is 2.20. The van der Waals surface area contributed by atoms with Crippen LogP contribution in [0.4, 0.5) is 11.4 Å². The Balaban J connectivity index is 1.95. The van der Waals surface area contributed by atoms with Crippen molar-refractivity contribution in [2.75, 3.05) is 0 Å². The fraction of sp³-hybridized carbons (Fsp3) is 0. The summed E-state index contributed by atoms with van der Waals surface area (Å²) < 4.78 is 1.02. The number of ketones is 1. The third-order valence-corrected chi connectivity index (χ3v) is 3.94. The third-order valence-electron chi connectivity index (χ3n) is 3.26. The van der Waals surface area contributed by atoms with E-state index in [1.807, 2.05) is 66.7 Å². The minimum Gasteiger partial charge on any atom is -0.289 e. The van der Waals surface area contributed by atoms with Gasteiger partial charge in [0.25, 0.3) is 0 Å². The molecule has 0 fully saturated rings. The number of nitrogens with zero attached hydrogens (tertiary/aromatic N) is 2. The Morgan fingerprint density at radius 3 is 2.30 bits per heavy atom. The molecule has 0 aliphatic carbocycles. The topological polar surface area (TPSA) is 41.8 Å². The van der Waals surface area contributed by atoms with Gasteiger partial charge in [-0.1, -0.05) is 42.5 Å². The SMILES string of the molecule is O=C(c1cccc(I)c1)c1ccccc1N=Nc1ccccc1. The number of carbonyl (C=O) groups excluding carboxylic acids is 1. The highest BCUT2D eigenvalue weighted by Crippen LogP contribution is 2.25. The molecule has 0 N–H and O–H groups in total. The van der Waals surface area contributed by atoms with Crippen LogP contribution in [-0.2, 0) is 0 Å². The number of carbonyl (C=O) groups is 1. The first-order chi connectivity index (χ1) is 11.2. The minimum absolute atomic E-state index is 0.0499. The molecule has 3 nitrogen and oxygen atoms in total. The highest BCUT2D eigenvalue weighted by atomic mass is 127. The first-order valence-corrected chi connectivity index (χ1v) is 8.18. The zero-order valence-electron chi connectivity index (χ0n) is 12.2. The lowest BCUT2D eigenvalue weighted by atomic mass is 10.0. The van der Waals surface area contributed by atoms with Crippen molar-refractivity contribution in [1.82, 2.24) is 0 Å². The van der Waals surface area contributed by atoms with Crippen molar-refractivity contribution in [3.63, 3.8) is 0 Å². The van der Waals surface area contributed by atoms with E-state index in [-0.39, 0.29) is 5.78 Å². The Labute approximate surface area is 148 Å². The molecule has 0 aliphatic heterocycles. The largest absolute Gasteiger partial charge is 0.289 e. The van der Waals surface area contributed by atoms with E-state index in [4.69, 9.17) is 0 Å². The van der Waals surface area contributed by atoms with Crippen LogP contribution in [0.25, 0.3) is 0 Å². The molecule has 3 aromatic rings. The molecule has 23 heavy (non-hydrogen) atoms. The normalized spacial score (nSPS) is 10.8. The maximum absolute atomic E-state index is 12.7. The monoisotopic (exact) mass is 412 g/mol. The molecule has 0 aromatic heterocycles. The van der Waals surface area contributed by atoms with E-state index in [9.17, 15) is 4.79 Å². The van der Waals surface area contributed by atoms with Crippen molar-refractivity contribution in [2.24, 2.45) is 10.2 Å². The molecule has 0 bridgehead atoms. The van der Waals surface area contributed by atoms with Crippen molar-refractivity contribution in [3.8, 4) is 0 Å². The minimum atomic E-state index is -0.0499. The lowest BCUT2D eigenvalue weighted by Gasteiger charge is -2.04. The Bertz CT molecular complexity index is 860. The van der Waals surface area contributed by atoms with Crippen molar-refractivity contribution in [1.29, 1.82) is 0 Å². The van der Waals surface area contributed by atoms with Crippen molar-refractivity contribution in [2.45, 2.75) is 0 Å². The van der Waals surface area contributed by atoms with E-state index in [2.05, 4.69) is 32.8 Å². The van der Waals surface area contributed by atoms with Gasteiger partial charge in [0.05, 0.1) is 16.9 Å². The predicted molar refractivity (Wildman–Crippen MR) is 99.7 cm³/mol. The molecule has 112 valence electrons. The average Bonchev–Trinajstić information content (AvgIpc) is 2.60.